The third-order valence-corrected chi connectivity index (χ3v) is 5.26. The van der Waals surface area contributed by atoms with Crippen LogP contribution in [0.2, 0.25) is 0 Å². The number of methoxy groups -OCH3 is 2. The van der Waals surface area contributed by atoms with E-state index in [4.69, 9.17) is 9.47 Å². The molecule has 0 aliphatic carbocycles. The van der Waals surface area contributed by atoms with Crippen LogP contribution >= 0.6 is 11.8 Å². The molecule has 8 nitrogen and oxygen atoms in total. The van der Waals surface area contributed by atoms with Crippen molar-refractivity contribution in [2.75, 3.05) is 19.5 Å². The molecule has 1 N–H and O–H groups in total. The summed E-state index contributed by atoms with van der Waals surface area (Å²) in [6.07, 6.45) is 1.55. The molecule has 0 spiro atoms. The minimum absolute atomic E-state index is 0.0114. The zero-order valence-corrected chi connectivity index (χ0v) is 18.7. The highest BCUT2D eigenvalue weighted by atomic mass is 32.2. The molecule has 9 heteroatoms. The first-order chi connectivity index (χ1) is 14.9. The molecule has 0 fully saturated rings. The van der Waals surface area contributed by atoms with Crippen LogP contribution in [-0.4, -0.2) is 34.7 Å². The lowest BCUT2D eigenvalue weighted by molar-refractivity contribution is -0.116. The van der Waals surface area contributed by atoms with Gasteiger partial charge in [0.2, 0.25) is 11.3 Å². The summed E-state index contributed by atoms with van der Waals surface area (Å²) in [6.45, 7) is 3.83. The van der Waals surface area contributed by atoms with Crippen LogP contribution in [0, 0.1) is 13.8 Å². The van der Waals surface area contributed by atoms with Gasteiger partial charge in [-0.05, 0) is 32.0 Å². The van der Waals surface area contributed by atoms with E-state index < -0.39 is 0 Å². The molecule has 1 aromatic carbocycles. The average molecular weight is 441 g/mol. The number of aromatic nitrogens is 3. The van der Waals surface area contributed by atoms with Crippen LogP contribution in [0.4, 0.5) is 5.69 Å². The van der Waals surface area contributed by atoms with Crippen LogP contribution in [0.25, 0.3) is 0 Å². The van der Waals surface area contributed by atoms with Gasteiger partial charge in [-0.2, -0.15) is 0 Å². The maximum absolute atomic E-state index is 12.7. The minimum Gasteiger partial charge on any atom is -0.497 e. The van der Waals surface area contributed by atoms with Crippen molar-refractivity contribution in [1.82, 2.24) is 14.5 Å². The van der Waals surface area contributed by atoms with Crippen molar-refractivity contribution >= 4 is 23.4 Å². The van der Waals surface area contributed by atoms with Gasteiger partial charge in [0, 0.05) is 40.7 Å². The monoisotopic (exact) mass is 440 g/mol. The molecule has 0 unspecified atom stereocenters. The molecule has 3 aromatic rings. The largest absolute Gasteiger partial charge is 0.497 e. The van der Waals surface area contributed by atoms with Gasteiger partial charge in [-0.3, -0.25) is 9.59 Å². The van der Waals surface area contributed by atoms with E-state index in [1.807, 2.05) is 19.9 Å². The number of thioether (sulfide) groups is 1. The van der Waals surface area contributed by atoms with Gasteiger partial charge in [-0.25, -0.2) is 9.97 Å². The predicted octanol–water partition coefficient (Wildman–Crippen LogP) is 3.20. The Morgan fingerprint density at radius 2 is 1.84 bits per heavy atom. The fourth-order valence-corrected chi connectivity index (χ4v) is 3.91. The number of nitrogens with one attached hydrogen (secondary N) is 1. The van der Waals surface area contributed by atoms with Crippen LogP contribution in [0.5, 0.6) is 11.5 Å². The van der Waals surface area contributed by atoms with Crippen LogP contribution < -0.4 is 20.2 Å². The normalized spacial score (nSPS) is 10.6. The summed E-state index contributed by atoms with van der Waals surface area (Å²) in [7, 11) is 2.99. The number of benzene rings is 1. The number of hydrogen-bond acceptors (Lipinski definition) is 7. The van der Waals surface area contributed by atoms with E-state index in [2.05, 4.69) is 15.3 Å². The second kappa shape index (κ2) is 10.1. The molecule has 31 heavy (non-hydrogen) atoms. The Bertz CT molecular complexity index is 1130. The summed E-state index contributed by atoms with van der Waals surface area (Å²) >= 11 is 1.40. The van der Waals surface area contributed by atoms with Crippen molar-refractivity contribution in [2.24, 2.45) is 0 Å². The van der Waals surface area contributed by atoms with Crippen molar-refractivity contribution in [3.8, 4) is 11.5 Å². The third kappa shape index (κ3) is 6.08. The maximum atomic E-state index is 12.7. The topological polar surface area (TPSA) is 95.3 Å². The Balaban J connectivity index is 1.80. The first-order valence-corrected chi connectivity index (χ1v) is 10.5. The number of carbonyl (C=O) groups is 1. The van der Waals surface area contributed by atoms with Gasteiger partial charge in [0.05, 0.1) is 20.4 Å². The number of pyridine rings is 1. The number of amides is 1. The Morgan fingerprint density at radius 3 is 2.52 bits per heavy atom. The molecule has 0 saturated carbocycles. The standard InChI is InChI=1S/C22H24N4O4S/c1-14-8-15(2)24-22(23-14)31-13-17-10-19(27)20(30-4)11-26(17)12-21(28)25-16-6-5-7-18(9-16)29-3/h5-11H,12-13H2,1-4H3,(H,25,28). The van der Waals surface area contributed by atoms with Gasteiger partial charge >= 0.3 is 0 Å². The predicted molar refractivity (Wildman–Crippen MR) is 120 cm³/mol. The molecule has 2 heterocycles. The van der Waals surface area contributed by atoms with Crippen molar-refractivity contribution in [2.45, 2.75) is 31.3 Å². The fourth-order valence-electron chi connectivity index (χ4n) is 2.97. The van der Waals surface area contributed by atoms with Crippen LogP contribution in [-0.2, 0) is 17.1 Å². The second-order valence-corrected chi connectivity index (χ2v) is 7.77. The van der Waals surface area contributed by atoms with Crippen LogP contribution in [0.3, 0.4) is 0 Å². The highest BCUT2D eigenvalue weighted by molar-refractivity contribution is 7.98. The summed E-state index contributed by atoms with van der Waals surface area (Å²) in [5, 5.41) is 3.46. The number of rotatable bonds is 8. The molecule has 2 aromatic heterocycles. The highest BCUT2D eigenvalue weighted by Crippen LogP contribution is 2.21. The SMILES string of the molecule is COc1cccc(NC(=O)Cn2cc(OC)c(=O)cc2CSc2nc(C)cc(C)n2)c1. The lowest BCUT2D eigenvalue weighted by Gasteiger charge is -2.15. The van der Waals surface area contributed by atoms with Gasteiger partial charge in [0.25, 0.3) is 0 Å². The Kier molecular flexibility index (Phi) is 7.30. The summed E-state index contributed by atoms with van der Waals surface area (Å²) in [5.41, 5.74) is 2.79. The van der Waals surface area contributed by atoms with Crippen molar-refractivity contribution in [3.63, 3.8) is 0 Å². The molecule has 3 rings (SSSR count). The number of ether oxygens (including phenoxy) is 2. The van der Waals surface area contributed by atoms with Gasteiger partial charge in [-0.1, -0.05) is 17.8 Å². The van der Waals surface area contributed by atoms with Crippen LogP contribution in [0.1, 0.15) is 17.1 Å². The molecule has 0 bridgehead atoms. The lowest BCUT2D eigenvalue weighted by atomic mass is 10.3. The van der Waals surface area contributed by atoms with E-state index in [0.29, 0.717) is 28.0 Å². The van der Waals surface area contributed by atoms with E-state index in [9.17, 15) is 9.59 Å². The quantitative estimate of drug-likeness (QED) is 0.424. The minimum atomic E-state index is -0.246. The number of nitrogens with zero attached hydrogens (tertiary/aromatic N) is 3. The molecular formula is C22H24N4O4S. The van der Waals surface area contributed by atoms with E-state index in [-0.39, 0.29) is 23.6 Å². The maximum Gasteiger partial charge on any atom is 0.244 e. The highest BCUT2D eigenvalue weighted by Gasteiger charge is 2.13. The summed E-state index contributed by atoms with van der Waals surface area (Å²) in [6, 6.07) is 10.5. The molecule has 162 valence electrons. The number of hydrogen-bond donors (Lipinski definition) is 1. The fraction of sp³-hybridized carbons (Fsp3) is 0.273. The van der Waals surface area contributed by atoms with Crippen molar-refractivity contribution in [3.05, 3.63) is 69.9 Å². The molecule has 0 aliphatic heterocycles. The molecule has 0 atom stereocenters. The van der Waals surface area contributed by atoms with Crippen molar-refractivity contribution in [1.29, 1.82) is 0 Å². The Hall–Kier alpha value is -3.33. The van der Waals surface area contributed by atoms with Gasteiger partial charge in [0.1, 0.15) is 12.3 Å². The smallest absolute Gasteiger partial charge is 0.244 e. The zero-order valence-electron chi connectivity index (χ0n) is 17.8. The van der Waals surface area contributed by atoms with Crippen molar-refractivity contribution < 1.29 is 14.3 Å². The first kappa shape index (κ1) is 22.4. The Labute approximate surface area is 184 Å². The summed E-state index contributed by atoms with van der Waals surface area (Å²) < 4.78 is 12.0. The summed E-state index contributed by atoms with van der Waals surface area (Å²) in [5.74, 6) is 1.00. The van der Waals surface area contributed by atoms with E-state index in [1.54, 1.807) is 42.1 Å². The molecule has 0 saturated heterocycles. The molecule has 0 radical (unpaired) electrons. The number of aryl methyl sites for hydroxylation is 2. The number of carbonyl (C=O) groups excluding carboxylic acids is 1. The average Bonchev–Trinajstić information content (AvgIpc) is 2.73. The van der Waals surface area contributed by atoms with E-state index in [0.717, 1.165) is 11.4 Å². The van der Waals surface area contributed by atoms with E-state index >= 15 is 0 Å². The van der Waals surface area contributed by atoms with Crippen LogP contribution in [0.15, 0.2) is 52.5 Å². The van der Waals surface area contributed by atoms with E-state index in [1.165, 1.54) is 24.9 Å². The second-order valence-electron chi connectivity index (χ2n) is 6.83. The first-order valence-electron chi connectivity index (χ1n) is 9.54. The third-order valence-electron chi connectivity index (χ3n) is 4.38. The molecular weight excluding hydrogens is 416 g/mol. The van der Waals surface area contributed by atoms with Gasteiger partial charge < -0.3 is 19.4 Å². The van der Waals surface area contributed by atoms with Gasteiger partial charge in [0.15, 0.2) is 10.9 Å². The zero-order chi connectivity index (χ0) is 22.4. The number of anilines is 1. The van der Waals surface area contributed by atoms with Gasteiger partial charge in [-0.15, -0.1) is 0 Å². The lowest BCUT2D eigenvalue weighted by Crippen LogP contribution is -2.22. The molecule has 1 amide bonds. The Morgan fingerprint density at radius 1 is 1.10 bits per heavy atom. The molecule has 0 aliphatic rings. The summed E-state index contributed by atoms with van der Waals surface area (Å²) in [4.78, 5) is 33.8.